The Morgan fingerprint density at radius 2 is 2.15 bits per heavy atom. The molecule has 146 valence electrons. The Bertz CT molecular complexity index is 805. The van der Waals surface area contributed by atoms with Gasteiger partial charge in [-0.3, -0.25) is 9.53 Å². The van der Waals surface area contributed by atoms with Gasteiger partial charge in [-0.15, -0.1) is 23.4 Å². The second-order valence-corrected chi connectivity index (χ2v) is 7.70. The summed E-state index contributed by atoms with van der Waals surface area (Å²) in [4.78, 5) is 13.6. The van der Waals surface area contributed by atoms with Crippen molar-refractivity contribution in [2.24, 2.45) is 7.05 Å². The van der Waals surface area contributed by atoms with Crippen molar-refractivity contribution < 1.29 is 22.7 Å². The van der Waals surface area contributed by atoms with Gasteiger partial charge < -0.3 is 9.47 Å². The molecule has 1 amide bonds. The number of ether oxygens (including phenoxy) is 1. The van der Waals surface area contributed by atoms with Crippen LogP contribution in [0.4, 0.5) is 13.2 Å². The Labute approximate surface area is 158 Å². The van der Waals surface area contributed by atoms with Gasteiger partial charge in [-0.25, -0.2) is 0 Å². The molecule has 0 radical (unpaired) electrons. The largest absolute Gasteiger partial charge is 0.522 e. The highest BCUT2D eigenvalue weighted by Gasteiger charge is 2.40. The fourth-order valence-electron chi connectivity index (χ4n) is 2.75. The number of benzene rings is 1. The van der Waals surface area contributed by atoms with E-state index in [9.17, 15) is 18.0 Å². The Kier molecular flexibility index (Phi) is 5.75. The third kappa shape index (κ3) is 5.23. The van der Waals surface area contributed by atoms with Crippen LogP contribution in [0, 0.1) is 0 Å². The van der Waals surface area contributed by atoms with E-state index in [4.69, 9.17) is 0 Å². The van der Waals surface area contributed by atoms with Crippen LogP contribution in [-0.2, 0) is 23.0 Å². The predicted octanol–water partition coefficient (Wildman–Crippen LogP) is 2.96. The minimum Gasteiger partial charge on any atom is -0.337 e. The summed E-state index contributed by atoms with van der Waals surface area (Å²) < 4.78 is 42.2. The third-order valence-electron chi connectivity index (χ3n) is 4.23. The molecule has 0 spiro atoms. The highest BCUT2D eigenvalue weighted by Crippen LogP contribution is 2.33. The second-order valence-electron chi connectivity index (χ2n) is 6.39. The molecule has 0 N–H and O–H groups in total. The van der Waals surface area contributed by atoms with Gasteiger partial charge in [0, 0.05) is 25.4 Å². The van der Waals surface area contributed by atoms with E-state index in [1.807, 2.05) is 42.8 Å². The molecule has 0 unspecified atom stereocenters. The molecule has 1 aliphatic rings. The quantitative estimate of drug-likeness (QED) is 0.698. The molecule has 3 rings (SSSR count). The maximum absolute atomic E-state index is 12.3. The first-order chi connectivity index (χ1) is 12.7. The van der Waals surface area contributed by atoms with E-state index in [-0.39, 0.29) is 30.7 Å². The summed E-state index contributed by atoms with van der Waals surface area (Å²) in [6.45, 7) is 1.97. The van der Waals surface area contributed by atoms with Gasteiger partial charge in [0.15, 0.2) is 5.16 Å². The van der Waals surface area contributed by atoms with Crippen LogP contribution in [0.2, 0.25) is 0 Å². The topological polar surface area (TPSA) is 60.2 Å². The zero-order chi connectivity index (χ0) is 19.6. The summed E-state index contributed by atoms with van der Waals surface area (Å²) in [5, 5.41) is 8.80. The van der Waals surface area contributed by atoms with Crippen molar-refractivity contribution in [2.45, 2.75) is 36.2 Å². The first kappa shape index (κ1) is 19.7. The van der Waals surface area contributed by atoms with Crippen molar-refractivity contribution in [1.29, 1.82) is 0 Å². The average molecular weight is 400 g/mol. The van der Waals surface area contributed by atoms with Crippen LogP contribution in [-0.4, -0.2) is 51.1 Å². The van der Waals surface area contributed by atoms with Gasteiger partial charge in [0.25, 0.3) is 0 Å². The zero-order valence-electron chi connectivity index (χ0n) is 14.8. The summed E-state index contributed by atoms with van der Waals surface area (Å²) in [6.07, 6.45) is -3.85. The standard InChI is InChI=1S/C17H19F3N4O2S/c1-11(27-16-22-21-10-23(16)2)13-5-3-4-12(6-13)7-15(25)24-8-14(9-24)26-17(18,19)20/h3-6,10-11,14H,7-9H2,1-2H3/t11-/m0/s1. The van der Waals surface area contributed by atoms with E-state index in [1.54, 1.807) is 18.1 Å². The van der Waals surface area contributed by atoms with E-state index >= 15 is 0 Å². The summed E-state index contributed by atoms with van der Waals surface area (Å²) in [5.74, 6) is -0.206. The second kappa shape index (κ2) is 7.89. The molecule has 1 atom stereocenters. The van der Waals surface area contributed by atoms with Crippen molar-refractivity contribution in [1.82, 2.24) is 19.7 Å². The maximum atomic E-state index is 12.3. The van der Waals surface area contributed by atoms with Crippen LogP contribution in [0.1, 0.15) is 23.3 Å². The van der Waals surface area contributed by atoms with Gasteiger partial charge in [0.1, 0.15) is 12.4 Å². The van der Waals surface area contributed by atoms with E-state index in [1.165, 1.54) is 4.90 Å². The molecular weight excluding hydrogens is 381 g/mol. The van der Waals surface area contributed by atoms with Crippen molar-refractivity contribution in [2.75, 3.05) is 13.1 Å². The lowest BCUT2D eigenvalue weighted by Crippen LogP contribution is -2.56. The highest BCUT2D eigenvalue weighted by molar-refractivity contribution is 7.99. The number of rotatable bonds is 6. The minimum atomic E-state index is -4.66. The van der Waals surface area contributed by atoms with Crippen LogP contribution in [0.5, 0.6) is 0 Å². The van der Waals surface area contributed by atoms with Gasteiger partial charge >= 0.3 is 6.36 Å². The van der Waals surface area contributed by atoms with Crippen molar-refractivity contribution >= 4 is 17.7 Å². The number of carbonyl (C=O) groups excluding carboxylic acids is 1. The fraction of sp³-hybridized carbons (Fsp3) is 0.471. The zero-order valence-corrected chi connectivity index (χ0v) is 15.6. The molecule has 1 aliphatic heterocycles. The number of likely N-dealkylation sites (tertiary alicyclic amines) is 1. The molecule has 1 aromatic carbocycles. The molecule has 1 fully saturated rings. The predicted molar refractivity (Wildman–Crippen MR) is 92.9 cm³/mol. The normalized spacial score (nSPS) is 16.3. The van der Waals surface area contributed by atoms with Crippen molar-refractivity contribution in [3.05, 3.63) is 41.7 Å². The number of aromatic nitrogens is 3. The number of hydrogen-bond acceptors (Lipinski definition) is 5. The van der Waals surface area contributed by atoms with Crippen LogP contribution in [0.3, 0.4) is 0 Å². The molecule has 0 bridgehead atoms. The van der Waals surface area contributed by atoms with Crippen LogP contribution >= 0.6 is 11.8 Å². The van der Waals surface area contributed by atoms with Crippen LogP contribution in [0.25, 0.3) is 0 Å². The van der Waals surface area contributed by atoms with Crippen LogP contribution in [0.15, 0.2) is 35.7 Å². The molecule has 0 aliphatic carbocycles. The van der Waals surface area contributed by atoms with E-state index in [0.29, 0.717) is 0 Å². The number of nitrogens with zero attached hydrogens (tertiary/aromatic N) is 4. The molecule has 1 saturated heterocycles. The summed E-state index contributed by atoms with van der Waals surface area (Å²) >= 11 is 1.56. The molecule has 2 aromatic rings. The molecular formula is C17H19F3N4O2S. The van der Waals surface area contributed by atoms with E-state index in [0.717, 1.165) is 16.3 Å². The average Bonchev–Trinajstić information content (AvgIpc) is 2.94. The van der Waals surface area contributed by atoms with Gasteiger partial charge in [0.05, 0.1) is 6.42 Å². The number of amides is 1. The Balaban J connectivity index is 1.55. The highest BCUT2D eigenvalue weighted by atomic mass is 32.2. The van der Waals surface area contributed by atoms with E-state index < -0.39 is 12.5 Å². The Morgan fingerprint density at radius 3 is 2.78 bits per heavy atom. The number of alkyl halides is 3. The number of hydrogen-bond donors (Lipinski definition) is 0. The maximum Gasteiger partial charge on any atom is 0.522 e. The number of aryl methyl sites for hydroxylation is 1. The lowest BCUT2D eigenvalue weighted by atomic mass is 10.0. The van der Waals surface area contributed by atoms with Crippen molar-refractivity contribution in [3.8, 4) is 0 Å². The van der Waals surface area contributed by atoms with Gasteiger partial charge in [-0.2, -0.15) is 0 Å². The Hall–Kier alpha value is -2.07. The minimum absolute atomic E-state index is 0.0313. The molecule has 0 saturated carbocycles. The lowest BCUT2D eigenvalue weighted by Gasteiger charge is -2.39. The SMILES string of the molecule is C[C@H](Sc1nncn1C)c1cccc(CC(=O)N2CC(OC(F)(F)F)C2)c1. The molecule has 1 aromatic heterocycles. The first-order valence-corrected chi connectivity index (χ1v) is 9.21. The third-order valence-corrected chi connectivity index (χ3v) is 5.44. The number of thioether (sulfide) groups is 1. The van der Waals surface area contributed by atoms with Gasteiger partial charge in [-0.05, 0) is 18.1 Å². The van der Waals surface area contributed by atoms with E-state index in [2.05, 4.69) is 14.9 Å². The Morgan fingerprint density at radius 1 is 1.41 bits per heavy atom. The van der Waals surface area contributed by atoms with Crippen molar-refractivity contribution in [3.63, 3.8) is 0 Å². The summed E-state index contributed by atoms with van der Waals surface area (Å²) in [7, 11) is 1.87. The number of halogens is 3. The van der Waals surface area contributed by atoms with Crippen LogP contribution < -0.4 is 0 Å². The molecule has 2 heterocycles. The molecule has 10 heteroatoms. The number of carbonyl (C=O) groups is 1. The lowest BCUT2D eigenvalue weighted by molar-refractivity contribution is -0.353. The monoisotopic (exact) mass is 400 g/mol. The summed E-state index contributed by atoms with van der Waals surface area (Å²) in [5.41, 5.74) is 1.86. The summed E-state index contributed by atoms with van der Waals surface area (Å²) in [6, 6.07) is 7.62. The molecule has 6 nitrogen and oxygen atoms in total. The smallest absolute Gasteiger partial charge is 0.337 e. The van der Waals surface area contributed by atoms with Gasteiger partial charge in [-0.1, -0.05) is 36.0 Å². The molecule has 27 heavy (non-hydrogen) atoms. The van der Waals surface area contributed by atoms with Gasteiger partial charge in [0.2, 0.25) is 5.91 Å². The first-order valence-electron chi connectivity index (χ1n) is 8.33. The fourth-order valence-corrected chi connectivity index (χ4v) is 3.66.